The molecule has 3 amide bonds. The topological polar surface area (TPSA) is 78.5 Å². The third kappa shape index (κ3) is 3.89. The molecule has 1 unspecified atom stereocenters. The van der Waals surface area contributed by atoms with E-state index < -0.39 is 17.9 Å². The third-order valence-corrected chi connectivity index (χ3v) is 4.42. The summed E-state index contributed by atoms with van der Waals surface area (Å²) in [5.74, 6) is -1.17. The van der Waals surface area contributed by atoms with E-state index in [1.807, 2.05) is 0 Å². The number of anilines is 1. The lowest BCUT2D eigenvalue weighted by atomic mass is 10.2. The summed E-state index contributed by atoms with van der Waals surface area (Å²) in [7, 11) is 0. The largest absolute Gasteiger partial charge is 0.287 e. The number of nitrogens with zero attached hydrogens (tertiary/aromatic N) is 1. The molecule has 2 aromatic carbocycles. The van der Waals surface area contributed by atoms with Crippen LogP contribution in [0.1, 0.15) is 16.8 Å². The van der Waals surface area contributed by atoms with Crippen LogP contribution in [0.25, 0.3) is 0 Å². The number of nitrogens with one attached hydrogen (secondary N) is 2. The lowest BCUT2D eigenvalue weighted by molar-refractivity contribution is -0.121. The van der Waals surface area contributed by atoms with Crippen molar-refractivity contribution in [3.8, 4) is 0 Å². The number of carbonyl (C=O) groups is 3. The minimum Gasteiger partial charge on any atom is -0.287 e. The number of hydrogen-bond donors (Lipinski definition) is 2. The highest BCUT2D eigenvalue weighted by atomic mass is 79.9. The van der Waals surface area contributed by atoms with Crippen molar-refractivity contribution in [2.24, 2.45) is 0 Å². The Bertz CT molecular complexity index is 841. The molecule has 1 aliphatic rings. The van der Waals surface area contributed by atoms with Crippen molar-refractivity contribution in [2.75, 3.05) is 4.90 Å². The predicted octanol–water partition coefficient (Wildman–Crippen LogP) is 2.67. The van der Waals surface area contributed by atoms with Crippen LogP contribution in [-0.2, 0) is 9.59 Å². The molecular formula is C17H13BrClN3O3. The molecule has 0 radical (unpaired) electrons. The van der Waals surface area contributed by atoms with Crippen LogP contribution in [0.2, 0.25) is 5.02 Å². The van der Waals surface area contributed by atoms with Gasteiger partial charge in [-0.05, 0) is 42.5 Å². The van der Waals surface area contributed by atoms with Gasteiger partial charge in [0.25, 0.3) is 11.8 Å². The van der Waals surface area contributed by atoms with Crippen LogP contribution in [0.4, 0.5) is 5.69 Å². The summed E-state index contributed by atoms with van der Waals surface area (Å²) >= 11 is 9.11. The van der Waals surface area contributed by atoms with Gasteiger partial charge in [-0.1, -0.05) is 33.6 Å². The smallest absolute Gasteiger partial charge is 0.265 e. The zero-order valence-corrected chi connectivity index (χ0v) is 15.2. The van der Waals surface area contributed by atoms with Crippen LogP contribution < -0.4 is 15.8 Å². The van der Waals surface area contributed by atoms with Gasteiger partial charge in [-0.25, -0.2) is 10.3 Å². The second-order valence-corrected chi connectivity index (χ2v) is 6.76. The Morgan fingerprint density at radius 1 is 1.16 bits per heavy atom. The van der Waals surface area contributed by atoms with E-state index >= 15 is 0 Å². The van der Waals surface area contributed by atoms with Gasteiger partial charge in [-0.2, -0.15) is 0 Å². The van der Waals surface area contributed by atoms with E-state index in [2.05, 4.69) is 26.8 Å². The first kappa shape index (κ1) is 17.6. The lowest BCUT2D eigenvalue weighted by Gasteiger charge is -2.16. The number of carbonyl (C=O) groups excluding carboxylic acids is 3. The normalized spacial score (nSPS) is 17.0. The molecule has 1 atom stereocenters. The molecule has 0 bridgehead atoms. The maximum Gasteiger partial charge on any atom is 0.265 e. The molecule has 1 fully saturated rings. The summed E-state index contributed by atoms with van der Waals surface area (Å²) in [6, 6.07) is 12.4. The van der Waals surface area contributed by atoms with Gasteiger partial charge in [0.1, 0.15) is 6.04 Å². The molecule has 8 heteroatoms. The van der Waals surface area contributed by atoms with Crippen LogP contribution in [0.5, 0.6) is 0 Å². The van der Waals surface area contributed by atoms with Gasteiger partial charge in [-0.3, -0.25) is 19.8 Å². The average molecular weight is 423 g/mol. The summed E-state index contributed by atoms with van der Waals surface area (Å²) < 4.78 is 0.765. The average Bonchev–Trinajstić information content (AvgIpc) is 2.87. The van der Waals surface area contributed by atoms with Crippen molar-refractivity contribution in [1.29, 1.82) is 0 Å². The molecule has 0 aliphatic carbocycles. The van der Waals surface area contributed by atoms with Gasteiger partial charge in [0.15, 0.2) is 0 Å². The Kier molecular flexibility index (Phi) is 5.17. The van der Waals surface area contributed by atoms with E-state index in [0.717, 1.165) is 9.37 Å². The number of rotatable bonds is 4. The Hall–Kier alpha value is -2.22. The molecule has 3 rings (SSSR count). The molecule has 0 aromatic heterocycles. The van der Waals surface area contributed by atoms with Crippen molar-refractivity contribution < 1.29 is 14.4 Å². The first-order valence-electron chi connectivity index (χ1n) is 7.39. The third-order valence-electron chi connectivity index (χ3n) is 3.68. The molecule has 0 saturated carbocycles. The second kappa shape index (κ2) is 7.35. The minimum absolute atomic E-state index is 0.0414. The zero-order chi connectivity index (χ0) is 18.0. The van der Waals surface area contributed by atoms with Gasteiger partial charge >= 0.3 is 0 Å². The van der Waals surface area contributed by atoms with Gasteiger partial charge in [0, 0.05) is 15.1 Å². The quantitative estimate of drug-likeness (QED) is 0.586. The standard InChI is InChI=1S/C17H13BrClN3O3/c18-11-3-1-2-10(8-11)16(24)21-20-14-9-15(23)22(17(14)25)13-6-4-12(19)5-7-13/h1-8,14,20H,9H2,(H,21,24). The number of hydrogen-bond acceptors (Lipinski definition) is 4. The maximum atomic E-state index is 12.5. The van der Waals surface area contributed by atoms with Crippen LogP contribution in [-0.4, -0.2) is 23.8 Å². The summed E-state index contributed by atoms with van der Waals surface area (Å²) in [6.07, 6.45) is -0.0414. The molecule has 6 nitrogen and oxygen atoms in total. The number of imide groups is 1. The lowest BCUT2D eigenvalue weighted by Crippen LogP contribution is -2.48. The first-order valence-corrected chi connectivity index (χ1v) is 8.56. The van der Waals surface area contributed by atoms with E-state index in [9.17, 15) is 14.4 Å². The molecule has 25 heavy (non-hydrogen) atoms. The Balaban J connectivity index is 1.66. The highest BCUT2D eigenvalue weighted by molar-refractivity contribution is 9.10. The SMILES string of the molecule is O=C(NNC1CC(=O)N(c2ccc(Cl)cc2)C1=O)c1cccc(Br)c1. The first-order chi connectivity index (χ1) is 12.0. The summed E-state index contributed by atoms with van der Waals surface area (Å²) in [4.78, 5) is 37.8. The highest BCUT2D eigenvalue weighted by Gasteiger charge is 2.39. The molecule has 2 N–H and O–H groups in total. The van der Waals surface area contributed by atoms with Crippen LogP contribution in [0.3, 0.4) is 0 Å². The van der Waals surface area contributed by atoms with Crippen molar-refractivity contribution >= 4 is 50.9 Å². The number of amides is 3. The molecular weight excluding hydrogens is 410 g/mol. The molecule has 2 aromatic rings. The van der Waals surface area contributed by atoms with Crippen molar-refractivity contribution in [3.63, 3.8) is 0 Å². The monoisotopic (exact) mass is 421 g/mol. The fourth-order valence-corrected chi connectivity index (χ4v) is 2.99. The second-order valence-electron chi connectivity index (χ2n) is 5.41. The van der Waals surface area contributed by atoms with E-state index in [1.54, 1.807) is 48.5 Å². The molecule has 1 saturated heterocycles. The fraction of sp³-hybridized carbons (Fsp3) is 0.118. The van der Waals surface area contributed by atoms with Crippen LogP contribution >= 0.6 is 27.5 Å². The summed E-state index contributed by atoms with van der Waals surface area (Å²) in [6.45, 7) is 0. The Labute approximate surface area is 157 Å². The maximum absolute atomic E-state index is 12.5. The van der Waals surface area contributed by atoms with E-state index in [0.29, 0.717) is 16.3 Å². The minimum atomic E-state index is -0.820. The van der Waals surface area contributed by atoms with Crippen molar-refractivity contribution in [3.05, 3.63) is 63.6 Å². The van der Waals surface area contributed by atoms with E-state index in [4.69, 9.17) is 11.6 Å². The fourth-order valence-electron chi connectivity index (χ4n) is 2.46. The molecule has 1 aliphatic heterocycles. The zero-order valence-electron chi connectivity index (χ0n) is 12.8. The van der Waals surface area contributed by atoms with Gasteiger partial charge < -0.3 is 0 Å². The number of benzene rings is 2. The summed E-state index contributed by atoms with van der Waals surface area (Å²) in [5.41, 5.74) is 5.98. The molecule has 1 heterocycles. The molecule has 128 valence electrons. The van der Waals surface area contributed by atoms with E-state index in [-0.39, 0.29) is 12.3 Å². The van der Waals surface area contributed by atoms with Gasteiger partial charge in [0.2, 0.25) is 5.91 Å². The molecule has 0 spiro atoms. The van der Waals surface area contributed by atoms with Crippen molar-refractivity contribution in [1.82, 2.24) is 10.9 Å². The van der Waals surface area contributed by atoms with E-state index in [1.165, 1.54) is 0 Å². The van der Waals surface area contributed by atoms with Crippen molar-refractivity contribution in [2.45, 2.75) is 12.5 Å². The summed E-state index contributed by atoms with van der Waals surface area (Å²) in [5, 5.41) is 0.513. The van der Waals surface area contributed by atoms with Crippen LogP contribution in [0.15, 0.2) is 53.0 Å². The predicted molar refractivity (Wildman–Crippen MR) is 97.1 cm³/mol. The van der Waals surface area contributed by atoms with Crippen LogP contribution in [0, 0.1) is 0 Å². The highest BCUT2D eigenvalue weighted by Crippen LogP contribution is 2.24. The Morgan fingerprint density at radius 3 is 2.56 bits per heavy atom. The van der Waals surface area contributed by atoms with Gasteiger partial charge in [0.05, 0.1) is 12.1 Å². The number of halogens is 2. The van der Waals surface area contributed by atoms with Gasteiger partial charge in [-0.15, -0.1) is 0 Å². The number of hydrazine groups is 1. The Morgan fingerprint density at radius 2 is 1.88 bits per heavy atom.